The number of aliphatic imine (C=N–C) groups is 1. The molecule has 8 heteroatoms. The lowest BCUT2D eigenvalue weighted by atomic mass is 10.1. The molecule has 0 radical (unpaired) electrons. The number of amides is 1. The Morgan fingerprint density at radius 2 is 2.07 bits per heavy atom. The van der Waals surface area contributed by atoms with Gasteiger partial charge in [0.1, 0.15) is 11.4 Å². The van der Waals surface area contributed by atoms with Crippen molar-refractivity contribution in [1.82, 2.24) is 15.5 Å². The van der Waals surface area contributed by atoms with E-state index in [-0.39, 0.29) is 24.5 Å². The summed E-state index contributed by atoms with van der Waals surface area (Å²) in [6, 6.07) is 5.78. The molecule has 1 heterocycles. The van der Waals surface area contributed by atoms with Crippen LogP contribution in [0.25, 0.3) is 0 Å². The summed E-state index contributed by atoms with van der Waals surface area (Å²) in [5.74, 6) is 0.232. The number of halogens is 1. The Bertz CT molecular complexity index is 688. The van der Waals surface area contributed by atoms with Gasteiger partial charge in [-0.25, -0.2) is 9.18 Å². The molecule has 0 aliphatic carbocycles. The van der Waals surface area contributed by atoms with E-state index in [1.807, 2.05) is 27.7 Å². The number of carbonyl (C=O) groups excluding carboxylic acids is 1. The Labute approximate surface area is 172 Å². The number of likely N-dealkylation sites (tertiary alicyclic amines) is 1. The highest BCUT2D eigenvalue weighted by molar-refractivity contribution is 5.80. The van der Waals surface area contributed by atoms with Gasteiger partial charge in [-0.15, -0.1) is 0 Å². The molecule has 0 aromatic heterocycles. The molecule has 1 saturated heterocycles. The molecule has 1 amide bonds. The van der Waals surface area contributed by atoms with E-state index in [0.717, 1.165) is 12.8 Å². The molecule has 0 saturated carbocycles. The molecule has 1 aliphatic heterocycles. The zero-order valence-electron chi connectivity index (χ0n) is 17.7. The number of piperidine rings is 1. The van der Waals surface area contributed by atoms with Crippen LogP contribution in [-0.4, -0.2) is 59.9 Å². The van der Waals surface area contributed by atoms with Gasteiger partial charge in [0.05, 0.1) is 12.6 Å². The standard InChI is InChI=1S/C21H33FN4O3/c1-5-23-19(24-13-18(27)15-8-10-16(22)11-9-15)25-17-7-6-12-26(14-17)20(28)29-21(2,3)4/h8-11,17-18,27H,5-7,12-14H2,1-4H3,(H2,23,24,25). The number of aliphatic hydroxyl groups excluding tert-OH is 1. The molecule has 1 fully saturated rings. The number of hydrogen-bond acceptors (Lipinski definition) is 4. The molecular weight excluding hydrogens is 375 g/mol. The lowest BCUT2D eigenvalue weighted by molar-refractivity contribution is 0.0193. The molecule has 7 nitrogen and oxygen atoms in total. The Kier molecular flexibility index (Phi) is 8.25. The van der Waals surface area contributed by atoms with Crippen molar-refractivity contribution < 1.29 is 19.0 Å². The van der Waals surface area contributed by atoms with E-state index in [1.54, 1.807) is 17.0 Å². The minimum Gasteiger partial charge on any atom is -0.444 e. The van der Waals surface area contributed by atoms with E-state index in [0.29, 0.717) is 31.2 Å². The molecule has 2 unspecified atom stereocenters. The third-order valence-corrected chi connectivity index (χ3v) is 4.44. The van der Waals surface area contributed by atoms with Crippen molar-refractivity contribution in [2.24, 2.45) is 4.99 Å². The highest BCUT2D eigenvalue weighted by atomic mass is 19.1. The van der Waals surface area contributed by atoms with E-state index in [1.165, 1.54) is 12.1 Å². The predicted molar refractivity (Wildman–Crippen MR) is 111 cm³/mol. The molecule has 1 aromatic carbocycles. The second kappa shape index (κ2) is 10.4. The van der Waals surface area contributed by atoms with Gasteiger partial charge in [-0.05, 0) is 58.2 Å². The Balaban J connectivity index is 1.95. The van der Waals surface area contributed by atoms with Crippen LogP contribution in [0.1, 0.15) is 52.2 Å². The van der Waals surface area contributed by atoms with Crippen molar-refractivity contribution in [1.29, 1.82) is 0 Å². The van der Waals surface area contributed by atoms with Crippen LogP contribution < -0.4 is 10.6 Å². The normalized spacial score (nSPS) is 18.9. The number of rotatable bonds is 5. The van der Waals surface area contributed by atoms with Crippen LogP contribution in [0.2, 0.25) is 0 Å². The summed E-state index contributed by atoms with van der Waals surface area (Å²) in [4.78, 5) is 18.5. The quantitative estimate of drug-likeness (QED) is 0.515. The molecule has 0 bridgehead atoms. The second-order valence-corrected chi connectivity index (χ2v) is 8.20. The summed E-state index contributed by atoms with van der Waals surface area (Å²) in [7, 11) is 0. The lowest BCUT2D eigenvalue weighted by Gasteiger charge is -2.35. The first-order chi connectivity index (χ1) is 13.7. The van der Waals surface area contributed by atoms with Gasteiger partial charge in [0, 0.05) is 25.7 Å². The van der Waals surface area contributed by atoms with Crippen LogP contribution >= 0.6 is 0 Å². The Hall–Kier alpha value is -2.35. The average molecular weight is 409 g/mol. The largest absolute Gasteiger partial charge is 0.444 e. The molecule has 1 aliphatic rings. The molecule has 0 spiro atoms. The van der Waals surface area contributed by atoms with Crippen molar-refractivity contribution >= 4 is 12.1 Å². The van der Waals surface area contributed by atoms with Crippen molar-refractivity contribution in [2.75, 3.05) is 26.2 Å². The molecule has 162 valence electrons. The summed E-state index contributed by atoms with van der Waals surface area (Å²) < 4.78 is 18.5. The summed E-state index contributed by atoms with van der Waals surface area (Å²) in [5.41, 5.74) is 0.0874. The smallest absolute Gasteiger partial charge is 0.410 e. The van der Waals surface area contributed by atoms with Crippen LogP contribution in [-0.2, 0) is 4.74 Å². The molecule has 2 rings (SSSR count). The number of nitrogens with one attached hydrogen (secondary N) is 2. The van der Waals surface area contributed by atoms with Crippen LogP contribution in [0.15, 0.2) is 29.3 Å². The maximum atomic E-state index is 13.0. The number of benzene rings is 1. The van der Waals surface area contributed by atoms with Crippen LogP contribution in [0.4, 0.5) is 9.18 Å². The van der Waals surface area contributed by atoms with E-state index >= 15 is 0 Å². The van der Waals surface area contributed by atoms with E-state index in [9.17, 15) is 14.3 Å². The zero-order valence-corrected chi connectivity index (χ0v) is 17.7. The third kappa shape index (κ3) is 7.89. The molecule has 29 heavy (non-hydrogen) atoms. The van der Waals surface area contributed by atoms with Crippen LogP contribution in [0, 0.1) is 5.82 Å². The SMILES string of the molecule is CCNC(=NCC(O)c1ccc(F)cc1)NC1CCCN(C(=O)OC(C)(C)C)C1. The maximum Gasteiger partial charge on any atom is 0.410 e. The first kappa shape index (κ1) is 22.9. The van der Waals surface area contributed by atoms with Crippen molar-refractivity contribution in [3.05, 3.63) is 35.6 Å². The fraction of sp³-hybridized carbons (Fsp3) is 0.619. The second-order valence-electron chi connectivity index (χ2n) is 8.20. The van der Waals surface area contributed by atoms with Crippen molar-refractivity contribution in [3.63, 3.8) is 0 Å². The number of aliphatic hydroxyl groups is 1. The zero-order chi connectivity index (χ0) is 21.4. The van der Waals surface area contributed by atoms with Crippen LogP contribution in [0.3, 0.4) is 0 Å². The van der Waals surface area contributed by atoms with E-state index in [2.05, 4.69) is 15.6 Å². The van der Waals surface area contributed by atoms with Gasteiger partial charge in [0.2, 0.25) is 0 Å². The van der Waals surface area contributed by atoms with Gasteiger partial charge in [-0.1, -0.05) is 12.1 Å². The summed E-state index contributed by atoms with van der Waals surface area (Å²) in [5, 5.41) is 16.8. The number of carbonyl (C=O) groups is 1. The minimum atomic E-state index is -0.823. The fourth-order valence-electron chi connectivity index (χ4n) is 3.07. The van der Waals surface area contributed by atoms with Gasteiger partial charge in [0.15, 0.2) is 5.96 Å². The highest BCUT2D eigenvalue weighted by Gasteiger charge is 2.28. The molecule has 1 aromatic rings. The molecule has 3 N–H and O–H groups in total. The topological polar surface area (TPSA) is 86.2 Å². The Morgan fingerprint density at radius 1 is 1.38 bits per heavy atom. The number of nitrogens with zero attached hydrogens (tertiary/aromatic N) is 2. The number of hydrogen-bond donors (Lipinski definition) is 3. The molecule has 2 atom stereocenters. The third-order valence-electron chi connectivity index (χ3n) is 4.44. The van der Waals surface area contributed by atoms with E-state index in [4.69, 9.17) is 4.74 Å². The summed E-state index contributed by atoms with van der Waals surface area (Å²) in [6.07, 6.45) is 0.645. The first-order valence-corrected chi connectivity index (χ1v) is 10.1. The minimum absolute atomic E-state index is 0.0389. The first-order valence-electron chi connectivity index (χ1n) is 10.1. The number of ether oxygens (including phenoxy) is 1. The van der Waals surface area contributed by atoms with Gasteiger partial charge in [-0.3, -0.25) is 4.99 Å². The maximum absolute atomic E-state index is 13.0. The highest BCUT2D eigenvalue weighted by Crippen LogP contribution is 2.16. The van der Waals surface area contributed by atoms with Crippen molar-refractivity contribution in [2.45, 2.75) is 58.3 Å². The summed E-state index contributed by atoms with van der Waals surface area (Å²) >= 11 is 0. The fourth-order valence-corrected chi connectivity index (χ4v) is 3.07. The predicted octanol–water partition coefficient (Wildman–Crippen LogP) is 2.81. The van der Waals surface area contributed by atoms with Gasteiger partial charge in [0.25, 0.3) is 0 Å². The monoisotopic (exact) mass is 408 g/mol. The van der Waals surface area contributed by atoms with Crippen LogP contribution in [0.5, 0.6) is 0 Å². The summed E-state index contributed by atoms with van der Waals surface area (Å²) in [6.45, 7) is 9.53. The van der Waals surface area contributed by atoms with Gasteiger partial charge in [-0.2, -0.15) is 0 Å². The van der Waals surface area contributed by atoms with Gasteiger partial charge >= 0.3 is 6.09 Å². The lowest BCUT2D eigenvalue weighted by Crippen LogP contribution is -2.53. The van der Waals surface area contributed by atoms with Gasteiger partial charge < -0.3 is 25.4 Å². The van der Waals surface area contributed by atoms with E-state index < -0.39 is 11.7 Å². The van der Waals surface area contributed by atoms with Crippen molar-refractivity contribution in [3.8, 4) is 0 Å². The average Bonchev–Trinajstić information content (AvgIpc) is 2.65. The molecular formula is C21H33FN4O3. The number of guanidine groups is 1. The Morgan fingerprint density at radius 3 is 2.69 bits per heavy atom.